The largest absolute Gasteiger partial charge is 0.393 e. The number of hydrogen-bond donors (Lipinski definition) is 1. The fourth-order valence-electron chi connectivity index (χ4n) is 0.903. The van der Waals surface area contributed by atoms with Crippen molar-refractivity contribution in [2.24, 2.45) is 5.92 Å². The lowest BCUT2D eigenvalue weighted by Gasteiger charge is -1.79. The fourth-order valence-corrected chi connectivity index (χ4v) is 0.903. The van der Waals surface area contributed by atoms with Crippen molar-refractivity contribution in [1.29, 1.82) is 0 Å². The maximum Gasteiger partial charge on any atom is 0.0863 e. The van der Waals surface area contributed by atoms with Crippen LogP contribution in [0, 0.1) is 5.92 Å². The minimum absolute atomic E-state index is 0.0208. The molecule has 40 valence electrons. The Kier molecular flexibility index (Phi) is 0.557. The zero-order valence-electron chi connectivity index (χ0n) is 4.00. The van der Waals surface area contributed by atoms with E-state index in [-0.39, 0.29) is 6.10 Å². The Morgan fingerprint density at radius 1 is 1.57 bits per heavy atom. The van der Waals surface area contributed by atoms with Gasteiger partial charge in [0, 0.05) is 5.92 Å². The first kappa shape index (κ1) is 3.87. The molecule has 0 aromatic rings. The molecule has 0 aromatic carbocycles. The quantitative estimate of drug-likeness (QED) is 0.461. The highest BCUT2D eigenvalue weighted by molar-refractivity contribution is 4.96. The zero-order valence-corrected chi connectivity index (χ0v) is 4.00. The van der Waals surface area contributed by atoms with Crippen molar-refractivity contribution in [3.8, 4) is 0 Å². The third kappa shape index (κ3) is 0.545. The van der Waals surface area contributed by atoms with Gasteiger partial charge in [-0.1, -0.05) is 0 Å². The molecule has 2 nitrogen and oxygen atoms in total. The van der Waals surface area contributed by atoms with Crippen molar-refractivity contribution in [1.82, 2.24) is 0 Å². The van der Waals surface area contributed by atoms with Gasteiger partial charge in [-0.2, -0.15) is 0 Å². The minimum Gasteiger partial charge on any atom is -0.393 e. The van der Waals surface area contributed by atoms with Crippen LogP contribution in [0.3, 0.4) is 0 Å². The molecule has 7 heavy (non-hydrogen) atoms. The van der Waals surface area contributed by atoms with Gasteiger partial charge in [0.1, 0.15) is 0 Å². The van der Waals surface area contributed by atoms with Crippen molar-refractivity contribution >= 4 is 0 Å². The number of ether oxygens (including phenoxy) is 1. The smallest absolute Gasteiger partial charge is 0.0863 e. The Labute approximate surface area is 42.1 Å². The number of rotatable bonds is 1. The molecule has 0 bridgehead atoms. The van der Waals surface area contributed by atoms with Crippen LogP contribution in [-0.2, 0) is 4.74 Å². The van der Waals surface area contributed by atoms with Crippen LogP contribution in [0.15, 0.2) is 0 Å². The van der Waals surface area contributed by atoms with E-state index in [0.717, 1.165) is 13.0 Å². The lowest BCUT2D eigenvalue weighted by molar-refractivity contribution is 0.244. The van der Waals surface area contributed by atoms with Crippen molar-refractivity contribution in [3.05, 3.63) is 0 Å². The highest BCUT2D eigenvalue weighted by Crippen LogP contribution is 2.40. The fraction of sp³-hybridized carbons (Fsp3) is 1.00. The molecule has 1 heterocycles. The summed E-state index contributed by atoms with van der Waals surface area (Å²) in [6.07, 6.45) is 1.40. The molecule has 0 spiro atoms. The monoisotopic (exact) mass is 100 g/mol. The summed E-state index contributed by atoms with van der Waals surface area (Å²) in [4.78, 5) is 0. The molecule has 0 radical (unpaired) electrons. The third-order valence-electron chi connectivity index (χ3n) is 1.64. The molecule has 0 amide bonds. The van der Waals surface area contributed by atoms with Gasteiger partial charge in [-0.3, -0.25) is 0 Å². The van der Waals surface area contributed by atoms with Gasteiger partial charge in [-0.25, -0.2) is 0 Å². The van der Waals surface area contributed by atoms with Crippen LogP contribution in [-0.4, -0.2) is 23.9 Å². The van der Waals surface area contributed by atoms with Crippen molar-refractivity contribution < 1.29 is 9.84 Å². The Hall–Kier alpha value is -0.0800. The second-order valence-electron chi connectivity index (χ2n) is 2.34. The summed E-state index contributed by atoms with van der Waals surface area (Å²) >= 11 is 0. The molecule has 2 aliphatic rings. The van der Waals surface area contributed by atoms with Gasteiger partial charge < -0.3 is 9.84 Å². The van der Waals surface area contributed by atoms with Crippen LogP contribution in [0.1, 0.15) is 6.42 Å². The average molecular weight is 100 g/mol. The van der Waals surface area contributed by atoms with Crippen LogP contribution < -0.4 is 0 Å². The molecule has 3 atom stereocenters. The van der Waals surface area contributed by atoms with E-state index >= 15 is 0 Å². The lowest BCUT2D eigenvalue weighted by Crippen LogP contribution is -1.92. The summed E-state index contributed by atoms with van der Waals surface area (Å²) in [5.41, 5.74) is 0. The van der Waals surface area contributed by atoms with Crippen molar-refractivity contribution in [3.63, 3.8) is 0 Å². The molecule has 1 N–H and O–H groups in total. The molecular weight excluding hydrogens is 92.1 g/mol. The van der Waals surface area contributed by atoms with Crippen LogP contribution >= 0.6 is 0 Å². The molecule has 2 rings (SSSR count). The summed E-state index contributed by atoms with van der Waals surface area (Å²) in [7, 11) is 0. The van der Waals surface area contributed by atoms with E-state index in [1.807, 2.05) is 0 Å². The van der Waals surface area contributed by atoms with E-state index in [1.54, 1.807) is 0 Å². The number of hydrogen-bond acceptors (Lipinski definition) is 2. The van der Waals surface area contributed by atoms with Gasteiger partial charge in [-0.15, -0.1) is 0 Å². The van der Waals surface area contributed by atoms with Gasteiger partial charge in [0.05, 0.1) is 18.8 Å². The molecule has 0 aromatic heterocycles. The van der Waals surface area contributed by atoms with E-state index in [2.05, 4.69) is 0 Å². The van der Waals surface area contributed by atoms with Gasteiger partial charge in [0.2, 0.25) is 0 Å². The second-order valence-corrected chi connectivity index (χ2v) is 2.34. The summed E-state index contributed by atoms with van der Waals surface area (Å²) in [6, 6.07) is 0. The maximum atomic E-state index is 8.76. The van der Waals surface area contributed by atoms with Crippen LogP contribution in [0.25, 0.3) is 0 Å². The Morgan fingerprint density at radius 3 is 2.29 bits per heavy atom. The summed E-state index contributed by atoms with van der Waals surface area (Å²) in [5, 5.41) is 8.76. The zero-order chi connectivity index (χ0) is 4.85. The molecule has 1 aliphatic carbocycles. The first-order chi connectivity index (χ1) is 3.38. The molecule has 2 heteroatoms. The first-order valence-corrected chi connectivity index (χ1v) is 2.67. The maximum absolute atomic E-state index is 8.76. The molecule has 1 saturated heterocycles. The van der Waals surface area contributed by atoms with Crippen LogP contribution in [0.5, 0.6) is 0 Å². The van der Waals surface area contributed by atoms with E-state index in [4.69, 9.17) is 9.84 Å². The number of aliphatic hydroxyl groups excluding tert-OH is 1. The third-order valence-corrected chi connectivity index (χ3v) is 1.64. The SMILES string of the molecule is OC1CC1C1CO1. The first-order valence-electron chi connectivity index (χ1n) is 2.67. The van der Waals surface area contributed by atoms with Crippen LogP contribution in [0.2, 0.25) is 0 Å². The topological polar surface area (TPSA) is 32.8 Å². The van der Waals surface area contributed by atoms with Crippen molar-refractivity contribution in [2.75, 3.05) is 6.61 Å². The molecular formula is C5H8O2. The predicted molar refractivity (Wildman–Crippen MR) is 23.9 cm³/mol. The second kappa shape index (κ2) is 1.01. The Morgan fingerprint density at radius 2 is 2.14 bits per heavy atom. The predicted octanol–water partition coefficient (Wildman–Crippen LogP) is -0.234. The summed E-state index contributed by atoms with van der Waals surface area (Å²) in [6.45, 7) is 0.891. The van der Waals surface area contributed by atoms with E-state index in [0.29, 0.717) is 12.0 Å². The Bertz CT molecular complexity index is 88.1. The highest BCUT2D eigenvalue weighted by Gasteiger charge is 2.48. The summed E-state index contributed by atoms with van der Waals surface area (Å²) < 4.78 is 4.94. The molecule has 3 unspecified atom stereocenters. The Balaban J connectivity index is 1.88. The number of epoxide rings is 1. The van der Waals surface area contributed by atoms with E-state index in [1.165, 1.54) is 0 Å². The molecule has 1 aliphatic heterocycles. The highest BCUT2D eigenvalue weighted by atomic mass is 16.6. The van der Waals surface area contributed by atoms with Gasteiger partial charge in [-0.05, 0) is 6.42 Å². The molecule has 2 fully saturated rings. The number of aliphatic hydroxyl groups is 1. The normalized spacial score (nSPS) is 57.0. The lowest BCUT2D eigenvalue weighted by atomic mass is 10.3. The van der Waals surface area contributed by atoms with Crippen LogP contribution in [0.4, 0.5) is 0 Å². The molecule has 1 saturated carbocycles. The summed E-state index contributed by atoms with van der Waals surface area (Å²) in [5.74, 6) is 0.514. The average Bonchev–Trinajstić information content (AvgIpc) is 2.23. The van der Waals surface area contributed by atoms with Gasteiger partial charge in [0.15, 0.2) is 0 Å². The van der Waals surface area contributed by atoms with Gasteiger partial charge in [0.25, 0.3) is 0 Å². The van der Waals surface area contributed by atoms with Crippen molar-refractivity contribution in [2.45, 2.75) is 18.6 Å². The van der Waals surface area contributed by atoms with Gasteiger partial charge >= 0.3 is 0 Å². The van der Waals surface area contributed by atoms with E-state index < -0.39 is 0 Å². The minimum atomic E-state index is -0.0208. The standard InChI is InChI=1S/C5H8O2/c6-4-1-3(4)5-2-7-5/h3-6H,1-2H2. The van der Waals surface area contributed by atoms with E-state index in [9.17, 15) is 0 Å².